The van der Waals surface area contributed by atoms with Crippen LogP contribution in [0.15, 0.2) is 18.2 Å². The molecule has 24 heavy (non-hydrogen) atoms. The van der Waals surface area contributed by atoms with Crippen molar-refractivity contribution >= 4 is 11.9 Å². The van der Waals surface area contributed by atoms with Crippen LogP contribution in [0.5, 0.6) is 0 Å². The van der Waals surface area contributed by atoms with Crippen LogP contribution in [0.25, 0.3) is 0 Å². The molecule has 0 spiro atoms. The zero-order valence-electron chi connectivity index (χ0n) is 12.0. The lowest BCUT2D eigenvalue weighted by Gasteiger charge is -2.09. The Labute approximate surface area is 130 Å². The van der Waals surface area contributed by atoms with Crippen molar-refractivity contribution in [1.82, 2.24) is 0 Å². The molecule has 0 bridgehead atoms. The van der Waals surface area contributed by atoms with Crippen molar-refractivity contribution in [3.63, 3.8) is 0 Å². The summed E-state index contributed by atoms with van der Waals surface area (Å²) in [5.74, 6) is -4.60. The predicted octanol–water partition coefficient (Wildman–Crippen LogP) is 3.58. The number of ether oxygens (including phenoxy) is 1. The first-order valence-electron chi connectivity index (χ1n) is 6.01. The Morgan fingerprint density at radius 1 is 1.12 bits per heavy atom. The van der Waals surface area contributed by atoms with Gasteiger partial charge in [0.25, 0.3) is 0 Å². The normalized spacial score (nSPS) is 11.3. The second-order valence-electron chi connectivity index (χ2n) is 4.19. The van der Waals surface area contributed by atoms with E-state index in [1.807, 2.05) is 0 Å². The number of alkyl halides is 6. The summed E-state index contributed by atoms with van der Waals surface area (Å²) in [6, 6.07) is 2.67. The van der Waals surface area contributed by atoms with Gasteiger partial charge < -0.3 is 9.84 Å². The summed E-state index contributed by atoms with van der Waals surface area (Å²) in [5, 5.41) is 7.12. The van der Waals surface area contributed by atoms with Crippen LogP contribution in [0.3, 0.4) is 0 Å². The van der Waals surface area contributed by atoms with Crippen LogP contribution in [-0.4, -0.2) is 30.3 Å². The molecular formula is C13H11F7O4. The number of aliphatic carboxylic acids is 1. The van der Waals surface area contributed by atoms with Crippen molar-refractivity contribution in [2.24, 2.45) is 0 Å². The molecule has 11 heteroatoms. The second-order valence-corrected chi connectivity index (χ2v) is 4.19. The lowest BCUT2D eigenvalue weighted by atomic mass is 10.1. The molecule has 0 atom stereocenters. The molecular weight excluding hydrogens is 353 g/mol. The molecule has 1 aromatic rings. The highest BCUT2D eigenvalue weighted by Gasteiger charge is 2.38. The van der Waals surface area contributed by atoms with Crippen molar-refractivity contribution in [3.8, 4) is 0 Å². The number of hydrogen-bond acceptors (Lipinski definition) is 3. The maximum Gasteiger partial charge on any atom is 0.490 e. The number of esters is 1. The first-order valence-corrected chi connectivity index (χ1v) is 6.01. The zero-order chi connectivity index (χ0) is 19.1. The van der Waals surface area contributed by atoms with Crippen LogP contribution in [0.1, 0.15) is 17.5 Å². The Morgan fingerprint density at radius 3 is 2.00 bits per heavy atom. The lowest BCUT2D eigenvalue weighted by Crippen LogP contribution is -2.21. The van der Waals surface area contributed by atoms with Gasteiger partial charge >= 0.3 is 24.3 Å². The average Bonchev–Trinajstić information content (AvgIpc) is 2.44. The van der Waals surface area contributed by atoms with E-state index in [0.29, 0.717) is 6.07 Å². The molecule has 4 nitrogen and oxygen atoms in total. The van der Waals surface area contributed by atoms with E-state index < -0.39 is 35.7 Å². The maximum absolute atomic E-state index is 12.9. The van der Waals surface area contributed by atoms with E-state index in [9.17, 15) is 35.5 Å². The fraction of sp³-hybridized carbons (Fsp3) is 0.385. The third kappa shape index (κ3) is 7.79. The number of carbonyl (C=O) groups is 2. The number of carboxylic acids is 1. The minimum atomic E-state index is -5.08. The van der Waals surface area contributed by atoms with Crippen molar-refractivity contribution in [3.05, 3.63) is 35.1 Å². The molecule has 0 aliphatic rings. The van der Waals surface area contributed by atoms with E-state index in [1.54, 1.807) is 0 Å². The fourth-order valence-corrected chi connectivity index (χ4v) is 1.29. The molecule has 136 valence electrons. The minimum Gasteiger partial charge on any atom is -0.475 e. The molecule has 0 aromatic heterocycles. The SMILES string of the molecule is COC(=O)CCc1ccc(F)c(C(F)(F)F)c1.O=C(O)C(F)(F)F. The van der Waals surface area contributed by atoms with Gasteiger partial charge in [-0.15, -0.1) is 0 Å². The van der Waals surface area contributed by atoms with E-state index in [4.69, 9.17) is 9.90 Å². The quantitative estimate of drug-likeness (QED) is 0.658. The van der Waals surface area contributed by atoms with Gasteiger partial charge in [-0.25, -0.2) is 9.18 Å². The van der Waals surface area contributed by atoms with Crippen molar-refractivity contribution in [1.29, 1.82) is 0 Å². The number of methoxy groups -OCH3 is 1. The van der Waals surface area contributed by atoms with Crippen LogP contribution in [0, 0.1) is 5.82 Å². The number of hydrogen-bond donors (Lipinski definition) is 1. The minimum absolute atomic E-state index is 0.0422. The molecule has 0 saturated carbocycles. The maximum atomic E-state index is 12.9. The van der Waals surface area contributed by atoms with Crippen LogP contribution >= 0.6 is 0 Å². The molecule has 0 fully saturated rings. The monoisotopic (exact) mass is 364 g/mol. The Balaban J connectivity index is 0.000000640. The summed E-state index contributed by atoms with van der Waals surface area (Å²) in [6.07, 6.45) is -9.78. The molecule has 0 saturated heterocycles. The number of rotatable bonds is 3. The van der Waals surface area contributed by atoms with E-state index in [2.05, 4.69) is 4.74 Å². The van der Waals surface area contributed by atoms with Gasteiger partial charge in [0.2, 0.25) is 0 Å². The van der Waals surface area contributed by atoms with Crippen LogP contribution < -0.4 is 0 Å². The zero-order valence-corrected chi connectivity index (χ0v) is 12.0. The highest BCUT2D eigenvalue weighted by molar-refractivity contribution is 5.73. The van der Waals surface area contributed by atoms with Crippen molar-refractivity contribution in [2.75, 3.05) is 7.11 Å². The number of halogens is 7. The van der Waals surface area contributed by atoms with E-state index in [0.717, 1.165) is 6.07 Å². The second kappa shape index (κ2) is 8.50. The van der Waals surface area contributed by atoms with Crippen molar-refractivity contribution < 1.29 is 50.2 Å². The highest BCUT2D eigenvalue weighted by atomic mass is 19.4. The van der Waals surface area contributed by atoms with Crippen LogP contribution in [0.2, 0.25) is 0 Å². The topological polar surface area (TPSA) is 63.6 Å². The fourth-order valence-electron chi connectivity index (χ4n) is 1.29. The number of carboxylic acid groups (broad SMARTS) is 1. The smallest absolute Gasteiger partial charge is 0.475 e. The molecule has 1 aromatic carbocycles. The summed E-state index contributed by atoms with van der Waals surface area (Å²) >= 11 is 0. The highest BCUT2D eigenvalue weighted by Crippen LogP contribution is 2.32. The van der Waals surface area contributed by atoms with Gasteiger partial charge in [-0.05, 0) is 24.1 Å². The Hall–Kier alpha value is -2.33. The summed E-state index contributed by atoms with van der Waals surface area (Å²) in [6.45, 7) is 0. The van der Waals surface area contributed by atoms with E-state index in [-0.39, 0.29) is 18.4 Å². The predicted molar refractivity (Wildman–Crippen MR) is 65.4 cm³/mol. The van der Waals surface area contributed by atoms with Crippen LogP contribution in [-0.2, 0) is 26.9 Å². The van der Waals surface area contributed by atoms with Gasteiger partial charge in [-0.1, -0.05) is 6.07 Å². The summed E-state index contributed by atoms with van der Waals surface area (Å²) in [4.78, 5) is 19.7. The number of carbonyl (C=O) groups excluding carboxylic acids is 1. The van der Waals surface area contributed by atoms with Gasteiger partial charge in [0.15, 0.2) is 0 Å². The third-order valence-electron chi connectivity index (χ3n) is 2.42. The molecule has 0 heterocycles. The third-order valence-corrected chi connectivity index (χ3v) is 2.42. The molecule has 0 amide bonds. The number of aryl methyl sites for hydroxylation is 1. The first-order chi connectivity index (χ1) is 10.8. The molecule has 1 N–H and O–H groups in total. The average molecular weight is 364 g/mol. The van der Waals surface area contributed by atoms with Gasteiger partial charge in [0.05, 0.1) is 12.7 Å². The summed E-state index contributed by atoms with van der Waals surface area (Å²) in [7, 11) is 1.19. The molecule has 0 aliphatic heterocycles. The lowest BCUT2D eigenvalue weighted by molar-refractivity contribution is -0.192. The van der Waals surface area contributed by atoms with Crippen molar-refractivity contribution in [2.45, 2.75) is 25.2 Å². The Morgan fingerprint density at radius 2 is 1.62 bits per heavy atom. The Kier molecular flexibility index (Phi) is 7.68. The standard InChI is InChI=1S/C11H10F4O2.C2HF3O2/c1-17-10(16)5-3-7-2-4-9(12)8(6-7)11(13,14)15;3-2(4,5)1(6)7/h2,4,6H,3,5H2,1H3;(H,6,7). The summed E-state index contributed by atoms with van der Waals surface area (Å²) in [5.41, 5.74) is -1.08. The first kappa shape index (κ1) is 21.7. The van der Waals surface area contributed by atoms with Gasteiger partial charge in [0.1, 0.15) is 5.82 Å². The van der Waals surface area contributed by atoms with Crippen LogP contribution in [0.4, 0.5) is 30.7 Å². The van der Waals surface area contributed by atoms with E-state index in [1.165, 1.54) is 13.2 Å². The molecule has 1 rings (SSSR count). The number of benzene rings is 1. The van der Waals surface area contributed by atoms with E-state index >= 15 is 0 Å². The Bertz CT molecular complexity index is 579. The molecule has 0 aliphatic carbocycles. The van der Waals surface area contributed by atoms with Gasteiger partial charge in [-0.2, -0.15) is 26.3 Å². The molecule has 0 unspecified atom stereocenters. The van der Waals surface area contributed by atoms with Gasteiger partial charge in [-0.3, -0.25) is 4.79 Å². The molecule has 0 radical (unpaired) electrons. The summed E-state index contributed by atoms with van der Waals surface area (Å²) < 4.78 is 86.1. The largest absolute Gasteiger partial charge is 0.490 e. The van der Waals surface area contributed by atoms with Gasteiger partial charge in [0, 0.05) is 6.42 Å².